The number of nitrogens with zero attached hydrogens (tertiary/aromatic N) is 2. The fourth-order valence-electron chi connectivity index (χ4n) is 2.54. The third-order valence-corrected chi connectivity index (χ3v) is 3.72. The molecule has 4 nitrogen and oxygen atoms in total. The van der Waals surface area contributed by atoms with E-state index in [9.17, 15) is 13.2 Å². The zero-order chi connectivity index (χ0) is 14.6. The third-order valence-electron chi connectivity index (χ3n) is 3.72. The van der Waals surface area contributed by atoms with Gasteiger partial charge >= 0.3 is 6.18 Å². The van der Waals surface area contributed by atoms with Gasteiger partial charge in [0.05, 0.1) is 12.5 Å². The lowest BCUT2D eigenvalue weighted by Gasteiger charge is -2.27. The van der Waals surface area contributed by atoms with Crippen LogP contribution in [0.15, 0.2) is 4.42 Å². The van der Waals surface area contributed by atoms with E-state index >= 15 is 0 Å². The second-order valence-corrected chi connectivity index (χ2v) is 5.30. The van der Waals surface area contributed by atoms with Crippen LogP contribution < -0.4 is 5.32 Å². The first-order valence-electron chi connectivity index (χ1n) is 7.10. The zero-order valence-corrected chi connectivity index (χ0v) is 11.5. The minimum Gasteiger partial charge on any atom is -0.424 e. The van der Waals surface area contributed by atoms with Gasteiger partial charge in [-0.15, -0.1) is 10.2 Å². The molecule has 0 radical (unpaired) electrons. The molecule has 114 valence electrons. The molecule has 0 aliphatic heterocycles. The summed E-state index contributed by atoms with van der Waals surface area (Å²) in [7, 11) is 0. The highest BCUT2D eigenvalue weighted by molar-refractivity contribution is 4.95. The molecule has 0 amide bonds. The Morgan fingerprint density at radius 1 is 1.20 bits per heavy atom. The highest BCUT2D eigenvalue weighted by Crippen LogP contribution is 2.42. The van der Waals surface area contributed by atoms with Crippen molar-refractivity contribution >= 4 is 0 Å². The summed E-state index contributed by atoms with van der Waals surface area (Å²) in [6.45, 7) is 3.44. The lowest BCUT2D eigenvalue weighted by molar-refractivity contribution is -0.182. The van der Waals surface area contributed by atoms with Crippen LogP contribution in [0, 0.1) is 5.92 Å². The second kappa shape index (κ2) is 6.56. The first kappa shape index (κ1) is 15.3. The maximum Gasteiger partial charge on any atom is 0.391 e. The number of alkyl halides is 3. The largest absolute Gasteiger partial charge is 0.424 e. The van der Waals surface area contributed by atoms with E-state index in [4.69, 9.17) is 4.42 Å². The quantitative estimate of drug-likeness (QED) is 0.845. The molecule has 2 rings (SSSR count). The standard InChI is InChI=1S/C13H20F3N3O/c1-2-7-17-8-11-18-19-12(20-11)9-3-5-10(6-4-9)13(14,15)16/h9-10,17H,2-8H2,1H3. The first-order valence-corrected chi connectivity index (χ1v) is 7.10. The number of rotatable bonds is 5. The summed E-state index contributed by atoms with van der Waals surface area (Å²) in [6.07, 6.45) is -1.82. The minimum atomic E-state index is -4.07. The average Bonchev–Trinajstić information content (AvgIpc) is 2.87. The molecule has 0 atom stereocenters. The summed E-state index contributed by atoms with van der Waals surface area (Å²) in [4.78, 5) is 0. The van der Waals surface area contributed by atoms with Crippen molar-refractivity contribution in [2.24, 2.45) is 5.92 Å². The lowest BCUT2D eigenvalue weighted by atomic mass is 9.81. The monoisotopic (exact) mass is 291 g/mol. The third kappa shape index (κ3) is 3.94. The van der Waals surface area contributed by atoms with Gasteiger partial charge in [0.15, 0.2) is 0 Å². The van der Waals surface area contributed by atoms with Crippen LogP contribution in [0.4, 0.5) is 13.2 Å². The summed E-state index contributed by atoms with van der Waals surface area (Å²) >= 11 is 0. The van der Waals surface area contributed by atoms with Gasteiger partial charge < -0.3 is 9.73 Å². The Hall–Kier alpha value is -1.11. The van der Waals surface area contributed by atoms with E-state index in [1.165, 1.54) is 0 Å². The molecule has 20 heavy (non-hydrogen) atoms. The highest BCUT2D eigenvalue weighted by Gasteiger charge is 2.42. The molecule has 1 aliphatic carbocycles. The van der Waals surface area contributed by atoms with E-state index in [0.29, 0.717) is 31.2 Å². The van der Waals surface area contributed by atoms with Crippen molar-refractivity contribution in [1.29, 1.82) is 0 Å². The number of nitrogens with one attached hydrogen (secondary N) is 1. The molecule has 1 N–H and O–H groups in total. The summed E-state index contributed by atoms with van der Waals surface area (Å²) in [5.74, 6) is -0.210. The summed E-state index contributed by atoms with van der Waals surface area (Å²) in [5.41, 5.74) is 0. The molecule has 0 aromatic carbocycles. The Bertz CT molecular complexity index is 411. The predicted molar refractivity (Wildman–Crippen MR) is 67.0 cm³/mol. The van der Waals surface area contributed by atoms with E-state index < -0.39 is 12.1 Å². The van der Waals surface area contributed by atoms with Gasteiger partial charge in [-0.25, -0.2) is 0 Å². The van der Waals surface area contributed by atoms with Crippen molar-refractivity contribution in [3.05, 3.63) is 11.8 Å². The maximum absolute atomic E-state index is 12.6. The van der Waals surface area contributed by atoms with Gasteiger partial charge in [-0.05, 0) is 38.6 Å². The van der Waals surface area contributed by atoms with Gasteiger partial charge in [0.2, 0.25) is 11.8 Å². The molecule has 0 spiro atoms. The molecule has 0 unspecified atom stereocenters. The average molecular weight is 291 g/mol. The molecule has 1 aliphatic rings. The number of halogens is 3. The van der Waals surface area contributed by atoms with Crippen molar-refractivity contribution in [2.75, 3.05) is 6.54 Å². The van der Waals surface area contributed by atoms with Crippen LogP contribution in [0.2, 0.25) is 0 Å². The van der Waals surface area contributed by atoms with Gasteiger partial charge in [-0.2, -0.15) is 13.2 Å². The van der Waals surface area contributed by atoms with E-state index in [1.54, 1.807) is 0 Å². The SMILES string of the molecule is CCCNCc1nnc(C2CCC(C(F)(F)F)CC2)o1. The molecule has 7 heteroatoms. The topological polar surface area (TPSA) is 51.0 Å². The lowest BCUT2D eigenvalue weighted by Crippen LogP contribution is -2.27. The van der Waals surface area contributed by atoms with E-state index in [0.717, 1.165) is 13.0 Å². The fraction of sp³-hybridized carbons (Fsp3) is 0.846. The van der Waals surface area contributed by atoms with Crippen LogP contribution in [-0.4, -0.2) is 22.9 Å². The van der Waals surface area contributed by atoms with Crippen LogP contribution in [-0.2, 0) is 6.54 Å². The van der Waals surface area contributed by atoms with E-state index in [2.05, 4.69) is 22.4 Å². The van der Waals surface area contributed by atoms with Crippen LogP contribution >= 0.6 is 0 Å². The van der Waals surface area contributed by atoms with E-state index in [1.807, 2.05) is 0 Å². The Morgan fingerprint density at radius 2 is 1.90 bits per heavy atom. The summed E-state index contributed by atoms with van der Waals surface area (Å²) in [6, 6.07) is 0. The maximum atomic E-state index is 12.6. The molecule has 1 saturated carbocycles. The Kier molecular flexibility index (Phi) is 5.01. The molecule has 1 heterocycles. The second-order valence-electron chi connectivity index (χ2n) is 5.30. The van der Waals surface area contributed by atoms with Crippen molar-refractivity contribution in [3.63, 3.8) is 0 Å². The summed E-state index contributed by atoms with van der Waals surface area (Å²) in [5, 5.41) is 11.0. The van der Waals surface area contributed by atoms with Crippen molar-refractivity contribution in [3.8, 4) is 0 Å². The highest BCUT2D eigenvalue weighted by atomic mass is 19.4. The van der Waals surface area contributed by atoms with Crippen LogP contribution in [0.1, 0.15) is 56.7 Å². The van der Waals surface area contributed by atoms with Crippen LogP contribution in [0.25, 0.3) is 0 Å². The smallest absolute Gasteiger partial charge is 0.391 e. The molecule has 1 aromatic rings. The Balaban J connectivity index is 1.84. The van der Waals surface area contributed by atoms with E-state index in [-0.39, 0.29) is 18.8 Å². The normalized spacial score (nSPS) is 24.0. The fourth-order valence-corrected chi connectivity index (χ4v) is 2.54. The molecular weight excluding hydrogens is 271 g/mol. The first-order chi connectivity index (χ1) is 9.50. The van der Waals surface area contributed by atoms with Gasteiger partial charge in [0, 0.05) is 5.92 Å². The zero-order valence-electron chi connectivity index (χ0n) is 11.5. The van der Waals surface area contributed by atoms with Crippen molar-refractivity contribution in [2.45, 2.75) is 57.7 Å². The molecule has 1 aromatic heterocycles. The predicted octanol–water partition coefficient (Wildman–Crippen LogP) is 3.41. The van der Waals surface area contributed by atoms with Gasteiger partial charge in [-0.1, -0.05) is 6.92 Å². The number of hydrogen-bond donors (Lipinski definition) is 1. The van der Waals surface area contributed by atoms with Crippen LogP contribution in [0.5, 0.6) is 0 Å². The number of aromatic nitrogens is 2. The Morgan fingerprint density at radius 3 is 2.50 bits per heavy atom. The van der Waals surface area contributed by atoms with Crippen molar-refractivity contribution < 1.29 is 17.6 Å². The molecule has 0 saturated heterocycles. The van der Waals surface area contributed by atoms with Gasteiger partial charge in [-0.3, -0.25) is 0 Å². The minimum absolute atomic E-state index is 0.0268. The molecule has 0 bridgehead atoms. The molecular formula is C13H20F3N3O. The molecule has 1 fully saturated rings. The van der Waals surface area contributed by atoms with Gasteiger partial charge in [0.1, 0.15) is 0 Å². The number of hydrogen-bond acceptors (Lipinski definition) is 4. The Labute approximate surface area is 116 Å². The van der Waals surface area contributed by atoms with Gasteiger partial charge in [0.25, 0.3) is 0 Å². The summed E-state index contributed by atoms with van der Waals surface area (Å²) < 4.78 is 43.3. The van der Waals surface area contributed by atoms with Crippen molar-refractivity contribution in [1.82, 2.24) is 15.5 Å². The van der Waals surface area contributed by atoms with Crippen LogP contribution in [0.3, 0.4) is 0 Å².